The SMILES string of the molecule is CN(C)NC1(CN)CCCc2ccccc21. The molecule has 0 saturated carbocycles. The van der Waals surface area contributed by atoms with Crippen LogP contribution in [0.4, 0.5) is 0 Å². The van der Waals surface area contributed by atoms with E-state index in [1.54, 1.807) is 0 Å². The molecule has 0 bridgehead atoms. The fourth-order valence-electron chi connectivity index (χ4n) is 2.72. The quantitative estimate of drug-likeness (QED) is 0.752. The second-order valence-electron chi connectivity index (χ2n) is 4.80. The third kappa shape index (κ3) is 1.98. The molecule has 0 aromatic heterocycles. The Kier molecular flexibility index (Phi) is 3.28. The van der Waals surface area contributed by atoms with Crippen LogP contribution in [0.3, 0.4) is 0 Å². The number of hydrazine groups is 1. The molecule has 0 fully saturated rings. The van der Waals surface area contributed by atoms with Crippen LogP contribution in [-0.2, 0) is 12.0 Å². The Balaban J connectivity index is 2.40. The first kappa shape index (κ1) is 11.6. The van der Waals surface area contributed by atoms with Gasteiger partial charge in [-0.1, -0.05) is 24.3 Å². The second kappa shape index (κ2) is 4.53. The zero-order valence-corrected chi connectivity index (χ0v) is 10.2. The van der Waals surface area contributed by atoms with Crippen LogP contribution >= 0.6 is 0 Å². The molecule has 0 saturated heterocycles. The van der Waals surface area contributed by atoms with E-state index >= 15 is 0 Å². The molecule has 2 rings (SSSR count). The average Bonchev–Trinajstić information content (AvgIpc) is 2.29. The number of benzene rings is 1. The van der Waals surface area contributed by atoms with Gasteiger partial charge in [0, 0.05) is 20.6 Å². The molecule has 16 heavy (non-hydrogen) atoms. The van der Waals surface area contributed by atoms with E-state index in [-0.39, 0.29) is 5.54 Å². The smallest absolute Gasteiger partial charge is 0.0698 e. The number of fused-ring (bicyclic) bond motifs is 1. The minimum atomic E-state index is -0.0711. The van der Waals surface area contributed by atoms with E-state index in [1.807, 2.05) is 19.1 Å². The highest BCUT2D eigenvalue weighted by atomic mass is 15.5. The summed E-state index contributed by atoms with van der Waals surface area (Å²) in [5.41, 5.74) is 12.3. The molecule has 1 aromatic rings. The van der Waals surface area contributed by atoms with E-state index in [1.165, 1.54) is 24.0 Å². The molecule has 0 amide bonds. The lowest BCUT2D eigenvalue weighted by Gasteiger charge is -2.41. The topological polar surface area (TPSA) is 41.3 Å². The van der Waals surface area contributed by atoms with E-state index in [0.29, 0.717) is 6.54 Å². The molecule has 3 heteroatoms. The molecule has 3 N–H and O–H groups in total. The molecule has 1 aliphatic rings. The van der Waals surface area contributed by atoms with Crippen molar-refractivity contribution in [2.75, 3.05) is 20.6 Å². The third-order valence-corrected chi connectivity index (χ3v) is 3.37. The summed E-state index contributed by atoms with van der Waals surface area (Å²) in [6.45, 7) is 0.641. The van der Waals surface area contributed by atoms with Gasteiger partial charge in [-0.2, -0.15) is 0 Å². The summed E-state index contributed by atoms with van der Waals surface area (Å²) in [5, 5.41) is 2.01. The van der Waals surface area contributed by atoms with E-state index in [9.17, 15) is 0 Å². The van der Waals surface area contributed by atoms with Gasteiger partial charge in [-0.3, -0.25) is 0 Å². The lowest BCUT2D eigenvalue weighted by atomic mass is 9.77. The predicted molar refractivity (Wildman–Crippen MR) is 66.9 cm³/mol. The van der Waals surface area contributed by atoms with Gasteiger partial charge in [-0.05, 0) is 30.4 Å². The zero-order chi connectivity index (χ0) is 11.6. The highest BCUT2D eigenvalue weighted by Gasteiger charge is 2.35. The van der Waals surface area contributed by atoms with Crippen LogP contribution < -0.4 is 11.2 Å². The Morgan fingerprint density at radius 1 is 1.38 bits per heavy atom. The Hall–Kier alpha value is -0.900. The highest BCUT2D eigenvalue weighted by Crippen LogP contribution is 2.34. The van der Waals surface area contributed by atoms with E-state index in [4.69, 9.17) is 5.73 Å². The molecule has 1 atom stereocenters. The first-order valence-corrected chi connectivity index (χ1v) is 5.91. The summed E-state index contributed by atoms with van der Waals surface area (Å²) in [5.74, 6) is 0. The average molecular weight is 219 g/mol. The van der Waals surface area contributed by atoms with E-state index < -0.39 is 0 Å². The predicted octanol–water partition coefficient (Wildman–Crippen LogP) is 1.24. The van der Waals surface area contributed by atoms with Gasteiger partial charge in [0.1, 0.15) is 0 Å². The van der Waals surface area contributed by atoms with Crippen molar-refractivity contribution in [3.8, 4) is 0 Å². The summed E-state index contributed by atoms with van der Waals surface area (Å²) in [7, 11) is 4.04. The second-order valence-corrected chi connectivity index (χ2v) is 4.80. The maximum Gasteiger partial charge on any atom is 0.0698 e. The molecule has 1 aliphatic carbocycles. The Morgan fingerprint density at radius 2 is 2.12 bits per heavy atom. The van der Waals surface area contributed by atoms with Gasteiger partial charge >= 0.3 is 0 Å². The summed E-state index contributed by atoms with van der Waals surface area (Å²) in [4.78, 5) is 0. The Morgan fingerprint density at radius 3 is 2.81 bits per heavy atom. The third-order valence-electron chi connectivity index (χ3n) is 3.37. The fraction of sp³-hybridized carbons (Fsp3) is 0.538. The minimum Gasteiger partial charge on any atom is -0.328 e. The first-order valence-electron chi connectivity index (χ1n) is 5.91. The molecule has 88 valence electrons. The van der Waals surface area contributed by atoms with E-state index in [2.05, 4.69) is 29.7 Å². The maximum absolute atomic E-state index is 6.01. The molecule has 0 spiro atoms. The van der Waals surface area contributed by atoms with Crippen LogP contribution in [0.25, 0.3) is 0 Å². The van der Waals surface area contributed by atoms with Gasteiger partial charge in [0.25, 0.3) is 0 Å². The highest BCUT2D eigenvalue weighted by molar-refractivity contribution is 5.36. The molecule has 0 heterocycles. The van der Waals surface area contributed by atoms with Gasteiger partial charge in [-0.25, -0.2) is 10.4 Å². The van der Waals surface area contributed by atoms with Crippen molar-refractivity contribution in [1.29, 1.82) is 0 Å². The normalized spacial score (nSPS) is 24.5. The van der Waals surface area contributed by atoms with Crippen LogP contribution in [0.2, 0.25) is 0 Å². The van der Waals surface area contributed by atoms with Crippen molar-refractivity contribution in [2.24, 2.45) is 5.73 Å². The Labute approximate surface area is 97.6 Å². The van der Waals surface area contributed by atoms with Crippen molar-refractivity contribution >= 4 is 0 Å². The van der Waals surface area contributed by atoms with Gasteiger partial charge in [-0.15, -0.1) is 0 Å². The van der Waals surface area contributed by atoms with Crippen LogP contribution in [0.5, 0.6) is 0 Å². The Bertz CT molecular complexity index is 362. The van der Waals surface area contributed by atoms with Gasteiger partial charge in [0.15, 0.2) is 0 Å². The number of nitrogens with one attached hydrogen (secondary N) is 1. The van der Waals surface area contributed by atoms with E-state index in [0.717, 1.165) is 6.42 Å². The fourth-order valence-corrected chi connectivity index (χ4v) is 2.72. The summed E-state index contributed by atoms with van der Waals surface area (Å²) in [6.07, 6.45) is 3.49. The molecule has 3 nitrogen and oxygen atoms in total. The van der Waals surface area contributed by atoms with Crippen LogP contribution in [0, 0.1) is 0 Å². The molecule has 0 aliphatic heterocycles. The monoisotopic (exact) mass is 219 g/mol. The van der Waals surface area contributed by atoms with Gasteiger partial charge in [0.2, 0.25) is 0 Å². The number of hydrogen-bond donors (Lipinski definition) is 2. The lowest BCUT2D eigenvalue weighted by molar-refractivity contribution is 0.143. The van der Waals surface area contributed by atoms with Gasteiger partial charge in [0.05, 0.1) is 5.54 Å². The number of rotatable bonds is 3. The summed E-state index contributed by atoms with van der Waals surface area (Å²) >= 11 is 0. The van der Waals surface area contributed by atoms with Crippen LogP contribution in [0.1, 0.15) is 24.0 Å². The molecule has 1 aromatic carbocycles. The van der Waals surface area contributed by atoms with Crippen LogP contribution in [0.15, 0.2) is 24.3 Å². The van der Waals surface area contributed by atoms with Crippen LogP contribution in [-0.4, -0.2) is 25.6 Å². The molecular formula is C13H21N3. The zero-order valence-electron chi connectivity index (χ0n) is 10.2. The van der Waals surface area contributed by atoms with Crippen molar-refractivity contribution < 1.29 is 0 Å². The van der Waals surface area contributed by atoms with Crippen molar-refractivity contribution in [1.82, 2.24) is 10.4 Å². The van der Waals surface area contributed by atoms with Crippen molar-refractivity contribution in [2.45, 2.75) is 24.8 Å². The number of hydrogen-bond acceptors (Lipinski definition) is 3. The van der Waals surface area contributed by atoms with Crippen molar-refractivity contribution in [3.05, 3.63) is 35.4 Å². The summed E-state index contributed by atoms with van der Waals surface area (Å²) in [6, 6.07) is 8.64. The lowest BCUT2D eigenvalue weighted by Crippen LogP contribution is -2.55. The minimum absolute atomic E-state index is 0.0711. The standard InChI is InChI=1S/C13H21N3/c1-16(2)15-13(10-14)9-5-7-11-6-3-4-8-12(11)13/h3-4,6,8,15H,5,7,9-10,14H2,1-2H3. The molecular weight excluding hydrogens is 198 g/mol. The maximum atomic E-state index is 6.01. The number of nitrogens with zero attached hydrogens (tertiary/aromatic N) is 1. The van der Waals surface area contributed by atoms with Gasteiger partial charge < -0.3 is 5.73 Å². The first-order chi connectivity index (χ1) is 7.68. The van der Waals surface area contributed by atoms with Crippen molar-refractivity contribution in [3.63, 3.8) is 0 Å². The molecule has 1 unspecified atom stereocenters. The molecule has 0 radical (unpaired) electrons. The number of nitrogens with two attached hydrogens (primary N) is 1. The number of aryl methyl sites for hydroxylation is 1. The largest absolute Gasteiger partial charge is 0.328 e. The summed E-state index contributed by atoms with van der Waals surface area (Å²) < 4.78 is 0.